The Morgan fingerprint density at radius 2 is 1.76 bits per heavy atom. The van der Waals surface area contributed by atoms with Crippen molar-refractivity contribution in [3.63, 3.8) is 0 Å². The van der Waals surface area contributed by atoms with Crippen molar-refractivity contribution in [2.24, 2.45) is 23.2 Å². The number of benzene rings is 1. The number of aliphatic hydroxyl groups is 1. The molecule has 2 aliphatic rings. The third kappa shape index (κ3) is 6.35. The van der Waals surface area contributed by atoms with E-state index in [1.807, 2.05) is 13.0 Å². The van der Waals surface area contributed by atoms with E-state index in [2.05, 4.69) is 65.4 Å². The van der Waals surface area contributed by atoms with Crippen molar-refractivity contribution in [2.75, 3.05) is 33.9 Å². The smallest absolute Gasteiger partial charge is 0.161 e. The Hall–Kier alpha value is -1.74. The largest absolute Gasteiger partial charge is 0.504 e. The van der Waals surface area contributed by atoms with Crippen LogP contribution in [0.15, 0.2) is 12.1 Å². The SMILES string of the molecule is C#C.CCc1ccc(OC)c(O)c1C1(CC)CCN(CC2CC2)C(C)C1CC(COC)[C@](C)(O)C(C)(C)C. The van der Waals surface area contributed by atoms with Gasteiger partial charge in [-0.25, -0.2) is 0 Å². The lowest BCUT2D eigenvalue weighted by Crippen LogP contribution is -2.58. The Balaban J connectivity index is 0.00000247. The Bertz CT molecular complexity index is 914. The van der Waals surface area contributed by atoms with Gasteiger partial charge in [0.2, 0.25) is 0 Å². The molecule has 0 aromatic heterocycles. The maximum atomic E-state index is 11.9. The first kappa shape index (κ1) is 32.5. The lowest BCUT2D eigenvalue weighted by Gasteiger charge is -2.55. The molecule has 1 saturated carbocycles. The number of aromatic hydroxyl groups is 1. The van der Waals surface area contributed by atoms with Crippen LogP contribution >= 0.6 is 0 Å². The van der Waals surface area contributed by atoms with Crippen molar-refractivity contribution in [1.82, 2.24) is 4.90 Å². The van der Waals surface area contributed by atoms with Gasteiger partial charge in [-0.05, 0) is 87.8 Å². The molecule has 2 fully saturated rings. The molecule has 0 spiro atoms. The zero-order valence-corrected chi connectivity index (χ0v) is 25.6. The van der Waals surface area contributed by atoms with Gasteiger partial charge in [0.05, 0.1) is 19.3 Å². The van der Waals surface area contributed by atoms with E-state index in [4.69, 9.17) is 9.47 Å². The van der Waals surface area contributed by atoms with Crippen molar-refractivity contribution in [3.8, 4) is 24.3 Å². The second-order valence-electron chi connectivity index (χ2n) is 12.8. The van der Waals surface area contributed by atoms with Gasteiger partial charge >= 0.3 is 0 Å². The van der Waals surface area contributed by atoms with Gasteiger partial charge in [-0.15, -0.1) is 12.8 Å². The van der Waals surface area contributed by atoms with Gasteiger partial charge in [-0.2, -0.15) is 0 Å². The minimum atomic E-state index is -0.898. The summed E-state index contributed by atoms with van der Waals surface area (Å²) < 4.78 is 11.3. The zero-order chi connectivity index (χ0) is 28.9. The van der Waals surface area contributed by atoms with Crippen LogP contribution in [0.25, 0.3) is 0 Å². The number of piperidine rings is 1. The molecule has 1 aliphatic heterocycles. The van der Waals surface area contributed by atoms with Gasteiger partial charge in [0.1, 0.15) is 0 Å². The van der Waals surface area contributed by atoms with E-state index in [0.29, 0.717) is 24.1 Å². The molecule has 5 heteroatoms. The van der Waals surface area contributed by atoms with Crippen LogP contribution in [0.1, 0.15) is 91.7 Å². The van der Waals surface area contributed by atoms with Gasteiger partial charge in [-0.1, -0.05) is 40.7 Å². The Kier molecular flexibility index (Phi) is 11.2. The first-order valence-corrected chi connectivity index (χ1v) is 14.6. The highest BCUT2D eigenvalue weighted by Gasteiger charge is 2.53. The van der Waals surface area contributed by atoms with Gasteiger partial charge < -0.3 is 24.6 Å². The predicted octanol–water partition coefficient (Wildman–Crippen LogP) is 6.43. The van der Waals surface area contributed by atoms with E-state index in [9.17, 15) is 10.2 Å². The maximum Gasteiger partial charge on any atom is 0.161 e. The number of likely N-dealkylation sites (tertiary alicyclic amines) is 1. The average Bonchev–Trinajstić information content (AvgIpc) is 3.71. The molecular formula is C33H55NO4. The number of rotatable bonds is 11. The van der Waals surface area contributed by atoms with Crippen molar-refractivity contribution >= 4 is 0 Å². The molecule has 1 aliphatic carbocycles. The van der Waals surface area contributed by atoms with E-state index in [1.165, 1.54) is 18.4 Å². The second kappa shape index (κ2) is 13.1. The molecule has 5 nitrogen and oxygen atoms in total. The van der Waals surface area contributed by atoms with Crippen LogP contribution in [-0.4, -0.2) is 60.7 Å². The fourth-order valence-corrected chi connectivity index (χ4v) is 6.90. The normalized spacial score (nSPS) is 26.6. The topological polar surface area (TPSA) is 62.2 Å². The standard InChI is InChI=1S/C31H53NO4.C2H2/c1-10-23-14-15-26(36-9)28(33)27(23)31(11-2)16-17-32(19-22-12-13-22)21(3)25(31)18-24(20-35-8)30(7,34)29(4,5)6;1-2/h14-15,21-22,24-25,33-34H,10-13,16-20H2,1-9H3;1-2H/t21?,24?,25?,30-,31?;/m0./s1. The monoisotopic (exact) mass is 529 g/mol. The number of hydrogen-bond acceptors (Lipinski definition) is 5. The number of hydrogen-bond donors (Lipinski definition) is 2. The fourth-order valence-electron chi connectivity index (χ4n) is 6.90. The minimum absolute atomic E-state index is 0.0282. The summed E-state index contributed by atoms with van der Waals surface area (Å²) in [7, 11) is 3.38. The highest BCUT2D eigenvalue weighted by molar-refractivity contribution is 5.54. The Labute approximate surface area is 233 Å². The van der Waals surface area contributed by atoms with Crippen molar-refractivity contribution in [1.29, 1.82) is 0 Å². The third-order valence-corrected chi connectivity index (χ3v) is 10.1. The van der Waals surface area contributed by atoms with Crippen LogP contribution in [0, 0.1) is 36.0 Å². The van der Waals surface area contributed by atoms with Crippen LogP contribution < -0.4 is 4.74 Å². The number of phenols is 1. The van der Waals surface area contributed by atoms with Gasteiger partial charge in [0.25, 0.3) is 0 Å². The molecular weight excluding hydrogens is 474 g/mol. The van der Waals surface area contributed by atoms with Gasteiger partial charge in [0, 0.05) is 36.6 Å². The number of aryl methyl sites for hydroxylation is 1. The summed E-state index contributed by atoms with van der Waals surface area (Å²) >= 11 is 0. The molecule has 1 heterocycles. The maximum absolute atomic E-state index is 11.9. The lowest BCUT2D eigenvalue weighted by molar-refractivity contribution is -0.123. The first-order chi connectivity index (χ1) is 17.9. The number of terminal acetylenes is 1. The summed E-state index contributed by atoms with van der Waals surface area (Å²) in [5.41, 5.74) is 0.882. The molecule has 4 unspecified atom stereocenters. The van der Waals surface area contributed by atoms with Crippen molar-refractivity contribution in [2.45, 2.75) is 104 Å². The van der Waals surface area contributed by atoms with E-state index < -0.39 is 5.60 Å². The van der Waals surface area contributed by atoms with Crippen LogP contribution in [0.5, 0.6) is 11.5 Å². The van der Waals surface area contributed by atoms with E-state index in [1.54, 1.807) is 14.2 Å². The first-order valence-electron chi connectivity index (χ1n) is 14.6. The van der Waals surface area contributed by atoms with Gasteiger partial charge in [-0.3, -0.25) is 0 Å². The molecule has 0 radical (unpaired) electrons. The molecule has 1 aromatic rings. The molecule has 0 amide bonds. The number of ether oxygens (including phenoxy) is 2. The summed E-state index contributed by atoms with van der Waals surface area (Å²) in [6.45, 7) is 17.9. The predicted molar refractivity (Wildman–Crippen MR) is 158 cm³/mol. The zero-order valence-electron chi connectivity index (χ0n) is 25.6. The highest BCUT2D eigenvalue weighted by atomic mass is 16.5. The van der Waals surface area contributed by atoms with Crippen molar-refractivity contribution in [3.05, 3.63) is 23.3 Å². The van der Waals surface area contributed by atoms with E-state index >= 15 is 0 Å². The van der Waals surface area contributed by atoms with Gasteiger partial charge in [0.15, 0.2) is 11.5 Å². The molecule has 0 bridgehead atoms. The van der Waals surface area contributed by atoms with Crippen LogP contribution in [0.2, 0.25) is 0 Å². The second-order valence-corrected chi connectivity index (χ2v) is 12.8. The minimum Gasteiger partial charge on any atom is -0.504 e. The molecule has 1 saturated heterocycles. The average molecular weight is 530 g/mol. The number of methoxy groups -OCH3 is 2. The summed E-state index contributed by atoms with van der Waals surface area (Å²) in [5.74, 6) is 1.91. The quantitative estimate of drug-likeness (QED) is 0.324. The molecule has 2 N–H and O–H groups in total. The molecule has 3 rings (SSSR count). The Morgan fingerprint density at radius 1 is 1.13 bits per heavy atom. The van der Waals surface area contributed by atoms with Crippen molar-refractivity contribution < 1.29 is 19.7 Å². The summed E-state index contributed by atoms with van der Waals surface area (Å²) in [5, 5.41) is 23.5. The molecule has 5 atom stereocenters. The number of nitrogens with zero attached hydrogens (tertiary/aromatic N) is 1. The molecule has 38 heavy (non-hydrogen) atoms. The lowest BCUT2D eigenvalue weighted by atomic mass is 9.56. The molecule has 1 aromatic carbocycles. The summed E-state index contributed by atoms with van der Waals surface area (Å²) in [6.07, 6.45) is 14.3. The number of phenolic OH excluding ortho intramolecular Hbond substituents is 1. The summed E-state index contributed by atoms with van der Waals surface area (Å²) in [6, 6.07) is 4.38. The molecule has 216 valence electrons. The van der Waals surface area contributed by atoms with Crippen LogP contribution in [-0.2, 0) is 16.6 Å². The highest BCUT2D eigenvalue weighted by Crippen LogP contribution is 2.55. The van der Waals surface area contributed by atoms with Crippen LogP contribution in [0.3, 0.4) is 0 Å². The van der Waals surface area contributed by atoms with E-state index in [-0.39, 0.29) is 22.7 Å². The van der Waals surface area contributed by atoms with E-state index in [0.717, 1.165) is 50.3 Å². The van der Waals surface area contributed by atoms with Crippen LogP contribution in [0.4, 0.5) is 0 Å². The fraction of sp³-hybridized carbons (Fsp3) is 0.758. The Morgan fingerprint density at radius 3 is 2.24 bits per heavy atom. The summed E-state index contributed by atoms with van der Waals surface area (Å²) in [4.78, 5) is 2.69. The third-order valence-electron chi connectivity index (χ3n) is 10.1.